The smallest absolute Gasteiger partial charge is 0.248 e. The standard InChI is InChI=1S/C11H13ClN4O2/c1-7-9(12)4-16(14-7)5-10-13-11(15-18-10)8-2-3-17-6-8/h4,8H,2-3,5-6H2,1H3/t8-/m0/s1. The maximum absolute atomic E-state index is 5.94. The molecule has 2 aromatic rings. The van der Waals surface area contributed by atoms with Gasteiger partial charge in [0, 0.05) is 18.7 Å². The van der Waals surface area contributed by atoms with E-state index in [9.17, 15) is 0 Å². The van der Waals surface area contributed by atoms with Crippen LogP contribution in [0.2, 0.25) is 5.02 Å². The topological polar surface area (TPSA) is 66.0 Å². The average molecular weight is 269 g/mol. The Morgan fingerprint density at radius 1 is 1.56 bits per heavy atom. The first kappa shape index (κ1) is 11.7. The normalized spacial score (nSPS) is 19.6. The van der Waals surface area contributed by atoms with Gasteiger partial charge in [0.2, 0.25) is 5.89 Å². The summed E-state index contributed by atoms with van der Waals surface area (Å²) in [5.41, 5.74) is 0.792. The van der Waals surface area contributed by atoms with Gasteiger partial charge >= 0.3 is 0 Å². The van der Waals surface area contributed by atoms with E-state index in [1.807, 2.05) is 6.92 Å². The van der Waals surface area contributed by atoms with E-state index >= 15 is 0 Å². The number of aryl methyl sites for hydroxylation is 1. The van der Waals surface area contributed by atoms with Crippen molar-refractivity contribution in [2.24, 2.45) is 0 Å². The van der Waals surface area contributed by atoms with Crippen molar-refractivity contribution >= 4 is 11.6 Å². The lowest BCUT2D eigenvalue weighted by Crippen LogP contribution is -2.03. The summed E-state index contributed by atoms with van der Waals surface area (Å²) < 4.78 is 12.2. The van der Waals surface area contributed by atoms with E-state index in [0.717, 1.165) is 24.5 Å². The summed E-state index contributed by atoms with van der Waals surface area (Å²) in [5.74, 6) is 1.51. The van der Waals surface area contributed by atoms with E-state index in [1.165, 1.54) is 0 Å². The maximum Gasteiger partial charge on any atom is 0.248 e. The van der Waals surface area contributed by atoms with Crippen LogP contribution in [-0.2, 0) is 11.3 Å². The number of rotatable bonds is 3. The van der Waals surface area contributed by atoms with Gasteiger partial charge < -0.3 is 9.26 Å². The second kappa shape index (κ2) is 4.70. The lowest BCUT2D eigenvalue weighted by molar-refractivity contribution is 0.192. The molecule has 2 aromatic heterocycles. The van der Waals surface area contributed by atoms with Crippen LogP contribution in [0.25, 0.3) is 0 Å². The Morgan fingerprint density at radius 3 is 3.11 bits per heavy atom. The Morgan fingerprint density at radius 2 is 2.44 bits per heavy atom. The zero-order valence-corrected chi connectivity index (χ0v) is 10.7. The minimum Gasteiger partial charge on any atom is -0.381 e. The third kappa shape index (κ3) is 2.26. The number of halogens is 1. The van der Waals surface area contributed by atoms with E-state index in [1.54, 1.807) is 10.9 Å². The van der Waals surface area contributed by atoms with Crippen molar-refractivity contribution in [3.8, 4) is 0 Å². The number of aromatic nitrogens is 4. The van der Waals surface area contributed by atoms with E-state index in [-0.39, 0.29) is 5.92 Å². The van der Waals surface area contributed by atoms with Gasteiger partial charge in [0.05, 0.1) is 17.3 Å². The van der Waals surface area contributed by atoms with Crippen LogP contribution >= 0.6 is 11.6 Å². The van der Waals surface area contributed by atoms with Crippen LogP contribution in [-0.4, -0.2) is 33.1 Å². The van der Waals surface area contributed by atoms with Crippen molar-refractivity contribution in [3.05, 3.63) is 28.6 Å². The van der Waals surface area contributed by atoms with Crippen molar-refractivity contribution in [1.29, 1.82) is 0 Å². The summed E-state index contributed by atoms with van der Waals surface area (Å²) in [6.45, 7) is 3.73. The quantitative estimate of drug-likeness (QED) is 0.849. The molecule has 0 spiro atoms. The molecule has 1 fully saturated rings. The number of hydrogen-bond acceptors (Lipinski definition) is 5. The van der Waals surface area contributed by atoms with Gasteiger partial charge in [-0.05, 0) is 13.3 Å². The van der Waals surface area contributed by atoms with Crippen LogP contribution in [0.15, 0.2) is 10.7 Å². The van der Waals surface area contributed by atoms with Crippen LogP contribution in [0.3, 0.4) is 0 Å². The molecule has 0 unspecified atom stereocenters. The van der Waals surface area contributed by atoms with Crippen molar-refractivity contribution in [1.82, 2.24) is 19.9 Å². The number of nitrogens with zero attached hydrogens (tertiary/aromatic N) is 4. The highest BCUT2D eigenvalue weighted by Crippen LogP contribution is 2.22. The highest BCUT2D eigenvalue weighted by Gasteiger charge is 2.23. The van der Waals surface area contributed by atoms with Gasteiger partial charge in [0.15, 0.2) is 5.82 Å². The minimum absolute atomic E-state index is 0.255. The SMILES string of the molecule is Cc1nn(Cc2nc([C@H]3CCOC3)no2)cc1Cl. The molecule has 3 heterocycles. The molecule has 0 aromatic carbocycles. The van der Waals surface area contributed by atoms with Crippen molar-refractivity contribution in [2.45, 2.75) is 25.8 Å². The number of hydrogen-bond donors (Lipinski definition) is 0. The largest absolute Gasteiger partial charge is 0.381 e. The minimum atomic E-state index is 0.255. The van der Waals surface area contributed by atoms with Crippen LogP contribution < -0.4 is 0 Å². The van der Waals surface area contributed by atoms with Crippen molar-refractivity contribution in [2.75, 3.05) is 13.2 Å². The Bertz CT molecular complexity index is 525. The fourth-order valence-corrected chi connectivity index (χ4v) is 2.10. The molecule has 0 amide bonds. The Labute approximate surface area is 109 Å². The highest BCUT2D eigenvalue weighted by molar-refractivity contribution is 6.31. The van der Waals surface area contributed by atoms with Crippen molar-refractivity contribution < 1.29 is 9.26 Å². The van der Waals surface area contributed by atoms with Gasteiger partial charge in [-0.3, -0.25) is 4.68 Å². The monoisotopic (exact) mass is 268 g/mol. The molecule has 0 bridgehead atoms. The zero-order chi connectivity index (χ0) is 12.5. The van der Waals surface area contributed by atoms with Crippen LogP contribution in [0.4, 0.5) is 0 Å². The molecule has 0 radical (unpaired) electrons. The number of ether oxygens (including phenoxy) is 1. The first-order valence-corrected chi connectivity index (χ1v) is 6.20. The molecule has 7 heteroatoms. The van der Waals surface area contributed by atoms with E-state index in [4.69, 9.17) is 20.9 Å². The third-order valence-corrected chi connectivity index (χ3v) is 3.33. The summed E-state index contributed by atoms with van der Waals surface area (Å²) in [6.07, 6.45) is 2.70. The van der Waals surface area contributed by atoms with E-state index in [0.29, 0.717) is 24.1 Å². The van der Waals surface area contributed by atoms with Gasteiger partial charge in [-0.1, -0.05) is 16.8 Å². The predicted molar refractivity (Wildman–Crippen MR) is 63.6 cm³/mol. The molecule has 0 N–H and O–H groups in total. The Kier molecular flexibility index (Phi) is 3.05. The fourth-order valence-electron chi connectivity index (χ4n) is 1.95. The van der Waals surface area contributed by atoms with Gasteiger partial charge in [0.25, 0.3) is 0 Å². The molecule has 96 valence electrons. The average Bonchev–Trinajstić information content (AvgIpc) is 3.02. The first-order chi connectivity index (χ1) is 8.72. The zero-order valence-electron chi connectivity index (χ0n) is 9.97. The lowest BCUT2D eigenvalue weighted by atomic mass is 10.1. The molecule has 3 rings (SSSR count). The molecule has 1 atom stereocenters. The van der Waals surface area contributed by atoms with Crippen LogP contribution in [0.1, 0.15) is 29.7 Å². The lowest BCUT2D eigenvalue weighted by Gasteiger charge is -1.97. The molecule has 6 nitrogen and oxygen atoms in total. The van der Waals surface area contributed by atoms with Crippen LogP contribution in [0.5, 0.6) is 0 Å². The molecular formula is C11H13ClN4O2. The highest BCUT2D eigenvalue weighted by atomic mass is 35.5. The molecule has 0 saturated carbocycles. The van der Waals surface area contributed by atoms with Crippen LogP contribution in [0, 0.1) is 6.92 Å². The van der Waals surface area contributed by atoms with Gasteiger partial charge in [0.1, 0.15) is 6.54 Å². The van der Waals surface area contributed by atoms with E-state index in [2.05, 4.69) is 15.2 Å². The molecule has 1 aliphatic rings. The van der Waals surface area contributed by atoms with Crippen molar-refractivity contribution in [3.63, 3.8) is 0 Å². The van der Waals surface area contributed by atoms with Gasteiger partial charge in [-0.2, -0.15) is 10.1 Å². The van der Waals surface area contributed by atoms with E-state index < -0.39 is 0 Å². The second-order valence-electron chi connectivity index (χ2n) is 4.37. The summed E-state index contributed by atoms with van der Waals surface area (Å²) in [4.78, 5) is 4.36. The summed E-state index contributed by atoms with van der Waals surface area (Å²) >= 11 is 5.94. The Hall–Kier alpha value is -1.40. The van der Waals surface area contributed by atoms with Gasteiger partial charge in [-0.15, -0.1) is 0 Å². The molecule has 1 saturated heterocycles. The molecule has 18 heavy (non-hydrogen) atoms. The molecular weight excluding hydrogens is 256 g/mol. The summed E-state index contributed by atoms with van der Waals surface area (Å²) in [7, 11) is 0. The Balaban J connectivity index is 1.73. The van der Waals surface area contributed by atoms with Gasteiger partial charge in [-0.25, -0.2) is 0 Å². The summed E-state index contributed by atoms with van der Waals surface area (Å²) in [6, 6.07) is 0. The second-order valence-corrected chi connectivity index (χ2v) is 4.77. The fraction of sp³-hybridized carbons (Fsp3) is 0.545. The first-order valence-electron chi connectivity index (χ1n) is 5.82. The molecule has 1 aliphatic heterocycles. The molecule has 0 aliphatic carbocycles. The predicted octanol–water partition coefficient (Wildman–Crippen LogP) is 1.78. The summed E-state index contributed by atoms with van der Waals surface area (Å²) in [5, 5.41) is 8.87. The maximum atomic E-state index is 5.94. The third-order valence-electron chi connectivity index (χ3n) is 2.96.